The highest BCUT2D eigenvalue weighted by Gasteiger charge is 2.39. The van der Waals surface area contributed by atoms with Crippen LogP contribution in [-0.2, 0) is 4.57 Å². The Kier molecular flexibility index (Phi) is 7.23. The van der Waals surface area contributed by atoms with Crippen LogP contribution in [0.25, 0.3) is 0 Å². The molecule has 2 nitrogen and oxygen atoms in total. The molecule has 0 saturated heterocycles. The van der Waals surface area contributed by atoms with Gasteiger partial charge in [-0.25, -0.2) is 4.39 Å². The van der Waals surface area contributed by atoms with Gasteiger partial charge in [-0.1, -0.05) is 133 Å². The smallest absolute Gasteiger partial charge is 0.163 e. The van der Waals surface area contributed by atoms with E-state index >= 15 is 4.57 Å². The van der Waals surface area contributed by atoms with Crippen LogP contribution >= 0.6 is 7.14 Å². The van der Waals surface area contributed by atoms with Crippen molar-refractivity contribution in [1.29, 1.82) is 0 Å². The minimum atomic E-state index is -3.30. The molecule has 5 rings (SSSR count). The largest absolute Gasteiger partial charge is 0.312 e. The zero-order valence-corrected chi connectivity index (χ0v) is 20.6. The van der Waals surface area contributed by atoms with Gasteiger partial charge in [0.1, 0.15) is 5.82 Å². The Balaban J connectivity index is 1.73. The number of hydrogen-bond acceptors (Lipinski definition) is 2. The third kappa shape index (κ3) is 4.95. The lowest BCUT2D eigenvalue weighted by Gasteiger charge is -2.34. The lowest BCUT2D eigenvalue weighted by Crippen LogP contribution is -2.33. The summed E-state index contributed by atoms with van der Waals surface area (Å²) >= 11 is 0. The molecule has 0 amide bonds. The van der Waals surface area contributed by atoms with Gasteiger partial charge in [0.15, 0.2) is 7.14 Å². The van der Waals surface area contributed by atoms with Crippen LogP contribution in [0, 0.1) is 5.82 Å². The van der Waals surface area contributed by atoms with Crippen molar-refractivity contribution in [1.82, 2.24) is 5.32 Å². The molecule has 0 saturated carbocycles. The fraction of sp³-hybridized carbons (Fsp3) is 0.0625. The van der Waals surface area contributed by atoms with Gasteiger partial charge >= 0.3 is 0 Å². The standard InChI is InChI=1S/C32H27FNOP/c33-28-23-21-27(22-24-28)32(34-31(25-13-5-1-6-14-25)26-15-7-2-8-16-26)36(35,29-17-9-3-10-18-29)30-19-11-4-12-20-30/h1-24,31-32,34H/t32-/m1/s1. The van der Waals surface area contributed by atoms with Crippen molar-refractivity contribution in [2.45, 2.75) is 11.8 Å². The summed E-state index contributed by atoms with van der Waals surface area (Å²) < 4.78 is 29.4. The van der Waals surface area contributed by atoms with Gasteiger partial charge in [-0.05, 0) is 28.8 Å². The Labute approximate surface area is 211 Å². The third-order valence-electron chi connectivity index (χ3n) is 6.42. The van der Waals surface area contributed by atoms with Crippen molar-refractivity contribution in [3.05, 3.63) is 168 Å². The van der Waals surface area contributed by atoms with Crippen molar-refractivity contribution in [2.24, 2.45) is 0 Å². The molecule has 5 aromatic carbocycles. The van der Waals surface area contributed by atoms with E-state index in [0.29, 0.717) is 0 Å². The van der Waals surface area contributed by atoms with Gasteiger partial charge < -0.3 is 4.57 Å². The number of benzene rings is 5. The highest BCUT2D eigenvalue weighted by molar-refractivity contribution is 7.79. The maximum Gasteiger partial charge on any atom is 0.163 e. The van der Waals surface area contributed by atoms with Gasteiger partial charge in [0, 0.05) is 10.6 Å². The van der Waals surface area contributed by atoms with E-state index in [1.807, 2.05) is 97.1 Å². The molecule has 0 spiro atoms. The number of halogens is 1. The monoisotopic (exact) mass is 491 g/mol. The molecular formula is C32H27FNOP. The average Bonchev–Trinajstić information content (AvgIpc) is 2.96. The second-order valence-corrected chi connectivity index (χ2v) is 11.6. The van der Waals surface area contributed by atoms with Crippen LogP contribution in [-0.4, -0.2) is 0 Å². The van der Waals surface area contributed by atoms with Crippen LogP contribution in [0.3, 0.4) is 0 Å². The minimum absolute atomic E-state index is 0.233. The first-order chi connectivity index (χ1) is 17.7. The topological polar surface area (TPSA) is 29.1 Å². The maximum absolute atomic E-state index is 15.4. The number of hydrogen-bond donors (Lipinski definition) is 1. The van der Waals surface area contributed by atoms with Gasteiger partial charge in [-0.15, -0.1) is 0 Å². The fourth-order valence-corrected chi connectivity index (χ4v) is 7.71. The van der Waals surface area contributed by atoms with Crippen LogP contribution in [0.5, 0.6) is 0 Å². The summed E-state index contributed by atoms with van der Waals surface area (Å²) in [6, 6.07) is 45.6. The Hall–Kier alpha value is -3.78. The second kappa shape index (κ2) is 10.9. The Morgan fingerprint density at radius 2 is 0.889 bits per heavy atom. The molecule has 0 bridgehead atoms. The van der Waals surface area contributed by atoms with Crippen LogP contribution < -0.4 is 15.9 Å². The van der Waals surface area contributed by atoms with Gasteiger partial charge in [0.2, 0.25) is 0 Å². The maximum atomic E-state index is 15.4. The van der Waals surface area contributed by atoms with E-state index in [-0.39, 0.29) is 11.9 Å². The summed E-state index contributed by atoms with van der Waals surface area (Å²) in [5.41, 5.74) is 2.89. The average molecular weight is 492 g/mol. The predicted octanol–water partition coefficient (Wildman–Crippen LogP) is 7.22. The van der Waals surface area contributed by atoms with Crippen LogP contribution in [0.15, 0.2) is 146 Å². The van der Waals surface area contributed by atoms with Crippen molar-refractivity contribution in [3.63, 3.8) is 0 Å². The van der Waals surface area contributed by atoms with Crippen molar-refractivity contribution in [3.8, 4) is 0 Å². The lowest BCUT2D eigenvalue weighted by atomic mass is 9.98. The SMILES string of the molecule is O=P(c1ccccc1)(c1ccccc1)[C@@H](NC(c1ccccc1)c1ccccc1)c1ccc(F)cc1. The molecule has 0 unspecified atom stereocenters. The zero-order chi connectivity index (χ0) is 24.8. The summed E-state index contributed by atoms with van der Waals surface area (Å²) in [6.07, 6.45) is 0. The molecule has 5 aromatic rings. The normalized spacial score (nSPS) is 12.4. The number of rotatable bonds is 8. The van der Waals surface area contributed by atoms with E-state index in [9.17, 15) is 4.39 Å². The molecule has 0 aliphatic carbocycles. The molecule has 0 radical (unpaired) electrons. The molecule has 0 heterocycles. The van der Waals surface area contributed by atoms with Crippen LogP contribution in [0.2, 0.25) is 0 Å². The van der Waals surface area contributed by atoms with Crippen molar-refractivity contribution < 1.29 is 8.96 Å². The summed E-state index contributed by atoms with van der Waals surface area (Å²) in [7, 11) is -3.30. The highest BCUT2D eigenvalue weighted by Crippen LogP contribution is 2.56. The Morgan fingerprint density at radius 1 is 0.500 bits per heavy atom. The molecule has 4 heteroatoms. The fourth-order valence-electron chi connectivity index (χ4n) is 4.64. The van der Waals surface area contributed by atoms with E-state index in [0.717, 1.165) is 27.3 Å². The van der Waals surface area contributed by atoms with Crippen molar-refractivity contribution >= 4 is 17.8 Å². The molecule has 36 heavy (non-hydrogen) atoms. The molecule has 0 aliphatic heterocycles. The van der Waals surface area contributed by atoms with Gasteiger partial charge in [-0.3, -0.25) is 5.32 Å². The van der Waals surface area contributed by atoms with Gasteiger partial charge in [-0.2, -0.15) is 0 Å². The zero-order valence-electron chi connectivity index (χ0n) is 19.7. The molecule has 178 valence electrons. The minimum Gasteiger partial charge on any atom is -0.312 e. The lowest BCUT2D eigenvalue weighted by molar-refractivity contribution is 0.536. The molecular weight excluding hydrogens is 464 g/mol. The first-order valence-corrected chi connectivity index (χ1v) is 13.8. The quantitative estimate of drug-likeness (QED) is 0.232. The van der Waals surface area contributed by atoms with Crippen LogP contribution in [0.4, 0.5) is 4.39 Å². The molecule has 0 aromatic heterocycles. The first kappa shape index (κ1) is 23.9. The first-order valence-electron chi connectivity index (χ1n) is 12.0. The molecule has 0 fully saturated rings. The van der Waals surface area contributed by atoms with E-state index in [1.165, 1.54) is 12.1 Å². The molecule has 1 N–H and O–H groups in total. The van der Waals surface area contributed by atoms with E-state index in [1.54, 1.807) is 12.1 Å². The van der Waals surface area contributed by atoms with E-state index in [2.05, 4.69) is 29.6 Å². The Morgan fingerprint density at radius 3 is 1.31 bits per heavy atom. The van der Waals surface area contributed by atoms with Crippen LogP contribution in [0.1, 0.15) is 28.5 Å². The van der Waals surface area contributed by atoms with E-state index < -0.39 is 12.9 Å². The van der Waals surface area contributed by atoms with Gasteiger partial charge in [0.05, 0.1) is 11.8 Å². The highest BCUT2D eigenvalue weighted by atomic mass is 31.2. The van der Waals surface area contributed by atoms with Gasteiger partial charge in [0.25, 0.3) is 0 Å². The predicted molar refractivity (Wildman–Crippen MR) is 147 cm³/mol. The summed E-state index contributed by atoms with van der Waals surface area (Å²) in [5, 5.41) is 5.27. The summed E-state index contributed by atoms with van der Waals surface area (Å²) in [4.78, 5) is 0. The van der Waals surface area contributed by atoms with E-state index in [4.69, 9.17) is 0 Å². The Bertz CT molecular complexity index is 1340. The molecule has 0 aliphatic rings. The summed E-state index contributed by atoms with van der Waals surface area (Å²) in [5.74, 6) is -0.928. The molecule has 1 atom stereocenters. The second-order valence-electron chi connectivity index (χ2n) is 8.70. The number of nitrogens with one attached hydrogen (secondary N) is 1. The van der Waals surface area contributed by atoms with Crippen molar-refractivity contribution in [2.75, 3.05) is 0 Å². The summed E-state index contributed by atoms with van der Waals surface area (Å²) in [6.45, 7) is 0. The third-order valence-corrected chi connectivity index (χ3v) is 9.72.